The second kappa shape index (κ2) is 10.6. The van der Waals surface area contributed by atoms with E-state index in [9.17, 15) is 14.4 Å². The zero-order valence-corrected chi connectivity index (χ0v) is 18.6. The lowest BCUT2D eigenvalue weighted by atomic mass is 10.2. The number of nitrogens with zero attached hydrogens (tertiary/aromatic N) is 2. The van der Waals surface area contributed by atoms with Gasteiger partial charge in [-0.25, -0.2) is 4.79 Å². The molecule has 7 nitrogen and oxygen atoms in total. The molecule has 1 amide bonds. The minimum atomic E-state index is -0.540. The molecule has 2 heterocycles. The van der Waals surface area contributed by atoms with E-state index >= 15 is 0 Å². The van der Waals surface area contributed by atoms with Crippen LogP contribution in [0, 0.1) is 0 Å². The van der Waals surface area contributed by atoms with Gasteiger partial charge in [-0.05, 0) is 37.0 Å². The Morgan fingerprint density at radius 2 is 1.93 bits per heavy atom. The maximum absolute atomic E-state index is 13.0. The highest BCUT2D eigenvalue weighted by Crippen LogP contribution is 2.14. The first-order valence-electron chi connectivity index (χ1n) is 9.61. The van der Waals surface area contributed by atoms with Crippen molar-refractivity contribution >= 4 is 47.1 Å². The normalized spacial score (nSPS) is 15.5. The van der Waals surface area contributed by atoms with E-state index in [1.165, 1.54) is 22.0 Å². The van der Waals surface area contributed by atoms with Crippen LogP contribution in [0.25, 0.3) is 12.2 Å². The molecule has 1 fully saturated rings. The van der Waals surface area contributed by atoms with E-state index < -0.39 is 5.97 Å². The highest BCUT2D eigenvalue weighted by atomic mass is 32.2. The van der Waals surface area contributed by atoms with Crippen molar-refractivity contribution in [3.05, 3.63) is 49.4 Å². The van der Waals surface area contributed by atoms with Gasteiger partial charge in [0, 0.05) is 18.0 Å². The number of hydrogen-bond donors (Lipinski definition) is 0. The summed E-state index contributed by atoms with van der Waals surface area (Å²) < 4.78 is 12.5. The Labute approximate surface area is 182 Å². The molecule has 0 N–H and O–H groups in total. The van der Waals surface area contributed by atoms with Gasteiger partial charge in [0.15, 0.2) is 0 Å². The number of ether oxygens (including phenoxy) is 2. The molecule has 0 spiro atoms. The summed E-state index contributed by atoms with van der Waals surface area (Å²) in [6.07, 6.45) is 5.05. The SMILES string of the molecule is CCOC(=O)/C=c1\s/c(=C/c2ccc(SC)cc2)c(=O)n1CC(=O)N1CCOCC1. The number of carbonyl (C=O) groups excluding carboxylic acids is 2. The molecule has 1 aliphatic rings. The van der Waals surface area contributed by atoms with Crippen LogP contribution in [0.15, 0.2) is 34.0 Å². The molecule has 1 aromatic carbocycles. The third-order valence-electron chi connectivity index (χ3n) is 4.54. The summed E-state index contributed by atoms with van der Waals surface area (Å²) in [6, 6.07) is 7.83. The van der Waals surface area contributed by atoms with Gasteiger partial charge in [0.1, 0.15) is 11.2 Å². The lowest BCUT2D eigenvalue weighted by Crippen LogP contribution is -2.45. The highest BCUT2D eigenvalue weighted by Gasteiger charge is 2.19. The number of rotatable bonds is 6. The number of aromatic nitrogens is 1. The molecule has 0 saturated carbocycles. The molecule has 30 heavy (non-hydrogen) atoms. The van der Waals surface area contributed by atoms with E-state index in [0.29, 0.717) is 35.5 Å². The van der Waals surface area contributed by atoms with Gasteiger partial charge in [0.25, 0.3) is 5.56 Å². The quantitative estimate of drug-likeness (QED) is 0.477. The molecule has 1 aliphatic heterocycles. The second-order valence-corrected chi connectivity index (χ2v) is 8.44. The Morgan fingerprint density at radius 3 is 2.57 bits per heavy atom. The zero-order chi connectivity index (χ0) is 21.5. The number of esters is 1. The van der Waals surface area contributed by atoms with Crippen molar-refractivity contribution in [1.29, 1.82) is 0 Å². The molecule has 1 saturated heterocycles. The minimum absolute atomic E-state index is 0.125. The van der Waals surface area contributed by atoms with Crippen LogP contribution in [0.3, 0.4) is 0 Å². The molecular weight excluding hydrogens is 424 g/mol. The van der Waals surface area contributed by atoms with Gasteiger partial charge in [0.05, 0.1) is 30.4 Å². The van der Waals surface area contributed by atoms with Crippen LogP contribution in [0.2, 0.25) is 0 Å². The molecule has 0 aliphatic carbocycles. The van der Waals surface area contributed by atoms with Gasteiger partial charge in [-0.15, -0.1) is 23.1 Å². The van der Waals surface area contributed by atoms with Crippen molar-refractivity contribution in [2.45, 2.75) is 18.4 Å². The summed E-state index contributed by atoms with van der Waals surface area (Å²) in [5.41, 5.74) is 0.576. The molecule has 0 radical (unpaired) electrons. The molecule has 160 valence electrons. The summed E-state index contributed by atoms with van der Waals surface area (Å²) in [7, 11) is 0. The topological polar surface area (TPSA) is 77.8 Å². The van der Waals surface area contributed by atoms with Crippen molar-refractivity contribution in [2.24, 2.45) is 0 Å². The number of benzene rings is 1. The molecule has 0 unspecified atom stereocenters. The number of hydrogen-bond acceptors (Lipinski definition) is 7. The summed E-state index contributed by atoms with van der Waals surface area (Å²) in [4.78, 5) is 40.5. The molecular formula is C21H24N2O5S2. The third kappa shape index (κ3) is 5.62. The maximum atomic E-state index is 13.0. The van der Waals surface area contributed by atoms with Gasteiger partial charge in [-0.3, -0.25) is 14.2 Å². The van der Waals surface area contributed by atoms with Crippen LogP contribution in [0.5, 0.6) is 0 Å². The second-order valence-electron chi connectivity index (χ2n) is 6.50. The molecule has 9 heteroatoms. The number of thioether (sulfide) groups is 1. The van der Waals surface area contributed by atoms with E-state index in [0.717, 1.165) is 10.5 Å². The van der Waals surface area contributed by atoms with E-state index in [1.54, 1.807) is 29.7 Å². The van der Waals surface area contributed by atoms with Crippen molar-refractivity contribution in [1.82, 2.24) is 9.47 Å². The van der Waals surface area contributed by atoms with Crippen LogP contribution < -0.4 is 14.8 Å². The van der Waals surface area contributed by atoms with Crippen LogP contribution in [0.1, 0.15) is 12.5 Å². The van der Waals surface area contributed by atoms with E-state index in [4.69, 9.17) is 9.47 Å². The first kappa shape index (κ1) is 22.3. The summed E-state index contributed by atoms with van der Waals surface area (Å²) in [5.74, 6) is -0.713. The van der Waals surface area contributed by atoms with Crippen molar-refractivity contribution < 1.29 is 19.1 Å². The van der Waals surface area contributed by atoms with Crippen molar-refractivity contribution in [3.8, 4) is 0 Å². The number of amides is 1. The van der Waals surface area contributed by atoms with Gasteiger partial charge in [-0.2, -0.15) is 0 Å². The van der Waals surface area contributed by atoms with Gasteiger partial charge >= 0.3 is 5.97 Å². The summed E-state index contributed by atoms with van der Waals surface area (Å²) in [6.45, 7) is 3.78. The lowest BCUT2D eigenvalue weighted by Gasteiger charge is -2.26. The predicted molar refractivity (Wildman–Crippen MR) is 118 cm³/mol. The average Bonchev–Trinajstić information content (AvgIpc) is 3.03. The highest BCUT2D eigenvalue weighted by molar-refractivity contribution is 7.98. The number of carbonyl (C=O) groups is 2. The smallest absolute Gasteiger partial charge is 0.333 e. The van der Waals surface area contributed by atoms with E-state index in [1.807, 2.05) is 30.5 Å². The largest absolute Gasteiger partial charge is 0.463 e. The Balaban J connectivity index is 2.00. The van der Waals surface area contributed by atoms with Crippen molar-refractivity contribution in [3.63, 3.8) is 0 Å². The Hall–Kier alpha value is -2.36. The van der Waals surface area contributed by atoms with Gasteiger partial charge in [-0.1, -0.05) is 12.1 Å². The monoisotopic (exact) mass is 448 g/mol. The number of morpholine rings is 1. The van der Waals surface area contributed by atoms with E-state index in [-0.39, 0.29) is 24.6 Å². The van der Waals surface area contributed by atoms with E-state index in [2.05, 4.69) is 0 Å². The standard InChI is InChI=1S/C21H24N2O5S2/c1-3-28-20(25)13-19-23(14-18(24)22-8-10-27-11-9-22)21(26)17(30-19)12-15-4-6-16(29-2)7-5-15/h4-7,12-13H,3,8-11,14H2,1-2H3/b17-12+,19-13-. The Bertz CT molecular complexity index is 1070. The molecule has 0 atom stereocenters. The molecule has 2 aromatic rings. The van der Waals surface area contributed by atoms with Gasteiger partial charge < -0.3 is 14.4 Å². The summed E-state index contributed by atoms with van der Waals surface area (Å²) >= 11 is 2.81. The zero-order valence-electron chi connectivity index (χ0n) is 17.0. The third-order valence-corrected chi connectivity index (χ3v) is 6.34. The minimum Gasteiger partial charge on any atom is -0.463 e. The van der Waals surface area contributed by atoms with Crippen LogP contribution in [-0.4, -0.2) is 60.5 Å². The van der Waals surface area contributed by atoms with Crippen LogP contribution >= 0.6 is 23.1 Å². The Kier molecular flexibility index (Phi) is 7.89. The fourth-order valence-corrected chi connectivity index (χ4v) is 4.42. The predicted octanol–water partition coefficient (Wildman–Crippen LogP) is 0.663. The molecule has 0 bridgehead atoms. The fraction of sp³-hybridized carbons (Fsp3) is 0.381. The Morgan fingerprint density at radius 1 is 1.23 bits per heavy atom. The maximum Gasteiger partial charge on any atom is 0.333 e. The first-order chi connectivity index (χ1) is 14.5. The van der Waals surface area contributed by atoms with Gasteiger partial charge in [0.2, 0.25) is 5.91 Å². The van der Waals surface area contributed by atoms with Crippen LogP contribution in [0.4, 0.5) is 0 Å². The lowest BCUT2D eigenvalue weighted by molar-refractivity contribution is -0.136. The van der Waals surface area contributed by atoms with Crippen LogP contribution in [-0.2, 0) is 25.6 Å². The van der Waals surface area contributed by atoms with Crippen molar-refractivity contribution in [2.75, 3.05) is 39.2 Å². The molecule has 3 rings (SSSR count). The summed E-state index contributed by atoms with van der Waals surface area (Å²) in [5, 5.41) is 0. The number of thiazole rings is 1. The average molecular weight is 449 g/mol. The first-order valence-corrected chi connectivity index (χ1v) is 11.7. The fourth-order valence-electron chi connectivity index (χ4n) is 2.98. The molecule has 1 aromatic heterocycles.